The highest BCUT2D eigenvalue weighted by Crippen LogP contribution is 2.32. The fourth-order valence-corrected chi connectivity index (χ4v) is 5.41. The summed E-state index contributed by atoms with van der Waals surface area (Å²) in [5.74, 6) is -0.000822. The molecule has 3 amide bonds. The molecule has 1 aliphatic carbocycles. The lowest BCUT2D eigenvalue weighted by molar-refractivity contribution is -0.133. The zero-order valence-corrected chi connectivity index (χ0v) is 23.4. The predicted octanol–water partition coefficient (Wildman–Crippen LogP) is 5.15. The molecule has 1 saturated carbocycles. The van der Waals surface area contributed by atoms with Crippen molar-refractivity contribution in [1.82, 2.24) is 9.80 Å². The predicted molar refractivity (Wildman–Crippen MR) is 158 cm³/mol. The van der Waals surface area contributed by atoms with Crippen LogP contribution < -0.4 is 10.2 Å². The summed E-state index contributed by atoms with van der Waals surface area (Å²) in [5, 5.41) is 2.99. The van der Waals surface area contributed by atoms with Crippen LogP contribution in [0, 0.1) is 5.92 Å². The van der Waals surface area contributed by atoms with Crippen LogP contribution in [0.25, 0.3) is 0 Å². The third kappa shape index (κ3) is 6.36. The van der Waals surface area contributed by atoms with E-state index in [9.17, 15) is 14.4 Å². The quantitative estimate of drug-likeness (QED) is 0.409. The van der Waals surface area contributed by atoms with Crippen molar-refractivity contribution in [3.63, 3.8) is 0 Å². The molecule has 2 fully saturated rings. The fourth-order valence-electron chi connectivity index (χ4n) is 5.41. The van der Waals surface area contributed by atoms with Gasteiger partial charge in [0.05, 0.1) is 11.5 Å². The van der Waals surface area contributed by atoms with E-state index < -0.39 is 0 Å². The highest BCUT2D eigenvalue weighted by atomic mass is 16.2. The number of carbonyl (C=O) groups excluding carboxylic acids is 3. The van der Waals surface area contributed by atoms with E-state index in [4.69, 9.17) is 0 Å². The van der Waals surface area contributed by atoms with Gasteiger partial charge in [0.15, 0.2) is 0 Å². The van der Waals surface area contributed by atoms with Crippen LogP contribution in [0.4, 0.5) is 11.4 Å². The van der Waals surface area contributed by atoms with Gasteiger partial charge in [0.25, 0.3) is 5.91 Å². The normalized spacial score (nSPS) is 15.8. The number of nitrogens with zero attached hydrogens (tertiary/aromatic N) is 3. The van der Waals surface area contributed by atoms with E-state index in [1.807, 2.05) is 77.7 Å². The summed E-state index contributed by atoms with van der Waals surface area (Å²) in [4.78, 5) is 45.5. The lowest BCUT2D eigenvalue weighted by Gasteiger charge is -2.38. The number of carbonyl (C=O) groups is 3. The van der Waals surface area contributed by atoms with Crippen molar-refractivity contribution in [3.8, 4) is 0 Å². The van der Waals surface area contributed by atoms with Crippen LogP contribution in [0.1, 0.15) is 53.6 Å². The third-order valence-electron chi connectivity index (χ3n) is 7.89. The Hall–Kier alpha value is -4.13. The summed E-state index contributed by atoms with van der Waals surface area (Å²) in [5.41, 5.74) is 4.13. The van der Waals surface area contributed by atoms with E-state index in [0.29, 0.717) is 44.0 Å². The number of hydrogen-bond acceptors (Lipinski definition) is 4. The molecular weight excluding hydrogens is 500 g/mol. The minimum Gasteiger partial charge on any atom is -0.367 e. The maximum absolute atomic E-state index is 13.8. The maximum atomic E-state index is 13.8. The molecular formula is C33H38N4O3. The molecule has 0 radical (unpaired) electrons. The van der Waals surface area contributed by atoms with E-state index in [2.05, 4.69) is 17.1 Å². The Labute approximate surface area is 236 Å². The second-order valence-electron chi connectivity index (χ2n) is 10.8. The second-order valence-corrected chi connectivity index (χ2v) is 10.8. The average molecular weight is 539 g/mol. The Morgan fingerprint density at radius 1 is 0.900 bits per heavy atom. The summed E-state index contributed by atoms with van der Waals surface area (Å²) in [6, 6.07) is 25.5. The van der Waals surface area contributed by atoms with Gasteiger partial charge in [-0.1, -0.05) is 67.6 Å². The minimum absolute atomic E-state index is 0.0137. The first-order valence-corrected chi connectivity index (χ1v) is 14.3. The number of rotatable bonds is 9. The van der Waals surface area contributed by atoms with E-state index in [1.54, 1.807) is 18.0 Å². The van der Waals surface area contributed by atoms with Gasteiger partial charge in [-0.05, 0) is 48.6 Å². The lowest BCUT2D eigenvalue weighted by atomic mass is 9.94. The van der Waals surface area contributed by atoms with Crippen molar-refractivity contribution >= 4 is 29.1 Å². The Morgan fingerprint density at radius 3 is 2.17 bits per heavy atom. The zero-order valence-electron chi connectivity index (χ0n) is 23.4. The average Bonchev–Trinajstić information content (AvgIpc) is 3.84. The Morgan fingerprint density at radius 2 is 1.55 bits per heavy atom. The summed E-state index contributed by atoms with van der Waals surface area (Å²) in [6.07, 6.45) is 2.59. The van der Waals surface area contributed by atoms with Crippen LogP contribution in [0.5, 0.6) is 0 Å². The Bertz CT molecular complexity index is 1330. The Balaban J connectivity index is 1.33. The van der Waals surface area contributed by atoms with Gasteiger partial charge in [-0.2, -0.15) is 0 Å². The van der Waals surface area contributed by atoms with Crippen molar-refractivity contribution in [1.29, 1.82) is 0 Å². The number of hydrogen-bond donors (Lipinski definition) is 1. The first-order valence-electron chi connectivity index (χ1n) is 14.3. The number of nitrogens with one attached hydrogen (secondary N) is 1. The number of amides is 3. The molecule has 1 aliphatic heterocycles. The molecule has 5 rings (SSSR count). The molecule has 7 nitrogen and oxygen atoms in total. The SMILES string of the molecule is CCC(C(=O)N1CCN(c2ccc(NC(=O)C3CC3)cc2C(=O)N(C)Cc2ccccc2)CC1)c1ccccc1. The first-order chi connectivity index (χ1) is 19.4. The molecule has 1 N–H and O–H groups in total. The molecule has 1 saturated heterocycles. The maximum Gasteiger partial charge on any atom is 0.256 e. The van der Waals surface area contributed by atoms with Gasteiger partial charge in [-0.15, -0.1) is 0 Å². The molecule has 0 bridgehead atoms. The summed E-state index contributed by atoms with van der Waals surface area (Å²) in [6.45, 7) is 4.99. The second kappa shape index (κ2) is 12.4. The molecule has 7 heteroatoms. The van der Waals surface area contributed by atoms with Crippen molar-refractivity contribution in [2.24, 2.45) is 5.92 Å². The van der Waals surface area contributed by atoms with Crippen LogP contribution >= 0.6 is 0 Å². The molecule has 208 valence electrons. The van der Waals surface area contributed by atoms with Crippen LogP contribution in [-0.2, 0) is 16.1 Å². The number of benzene rings is 3. The van der Waals surface area contributed by atoms with Gasteiger partial charge in [-0.3, -0.25) is 14.4 Å². The molecule has 3 aromatic rings. The van der Waals surface area contributed by atoms with Crippen LogP contribution in [0.3, 0.4) is 0 Å². The Kier molecular flexibility index (Phi) is 8.48. The van der Waals surface area contributed by atoms with Gasteiger partial charge in [0.1, 0.15) is 0 Å². The van der Waals surface area contributed by atoms with Crippen LogP contribution in [0.15, 0.2) is 78.9 Å². The first kappa shape index (κ1) is 27.4. The molecule has 1 unspecified atom stereocenters. The molecule has 0 aromatic heterocycles. The summed E-state index contributed by atoms with van der Waals surface area (Å²) >= 11 is 0. The van der Waals surface area contributed by atoms with Crippen LogP contribution in [0.2, 0.25) is 0 Å². The van der Waals surface area contributed by atoms with Gasteiger partial charge >= 0.3 is 0 Å². The van der Waals surface area contributed by atoms with E-state index in [-0.39, 0.29) is 29.6 Å². The molecule has 3 aromatic carbocycles. The number of piperazine rings is 1. The highest BCUT2D eigenvalue weighted by Gasteiger charge is 2.31. The highest BCUT2D eigenvalue weighted by molar-refractivity contribution is 6.02. The molecule has 40 heavy (non-hydrogen) atoms. The van der Waals surface area contributed by atoms with E-state index in [1.165, 1.54) is 0 Å². The van der Waals surface area contributed by atoms with Gasteiger partial charge in [0.2, 0.25) is 11.8 Å². The van der Waals surface area contributed by atoms with Crippen molar-refractivity contribution in [2.75, 3.05) is 43.4 Å². The lowest BCUT2D eigenvalue weighted by Crippen LogP contribution is -2.50. The summed E-state index contributed by atoms with van der Waals surface area (Å²) in [7, 11) is 1.81. The standard InChI is InChI=1S/C33H38N4O3/c1-3-28(25-12-8-5-9-13-25)33(40)37-20-18-36(19-21-37)30-17-16-27(34-31(38)26-14-15-26)22-29(30)32(39)35(2)23-24-10-6-4-7-11-24/h4-13,16-17,22,26,28H,3,14-15,18-21,23H2,1-2H3,(H,34,38). The van der Waals surface area contributed by atoms with E-state index in [0.717, 1.165) is 36.1 Å². The van der Waals surface area contributed by atoms with Crippen LogP contribution in [-0.4, -0.2) is 60.7 Å². The van der Waals surface area contributed by atoms with Gasteiger partial charge in [0, 0.05) is 57.1 Å². The fraction of sp³-hybridized carbons (Fsp3) is 0.364. The van der Waals surface area contributed by atoms with Crippen molar-refractivity contribution < 1.29 is 14.4 Å². The van der Waals surface area contributed by atoms with Crippen molar-refractivity contribution in [3.05, 3.63) is 95.6 Å². The molecule has 1 atom stereocenters. The topological polar surface area (TPSA) is 73.0 Å². The van der Waals surface area contributed by atoms with Gasteiger partial charge in [-0.25, -0.2) is 0 Å². The van der Waals surface area contributed by atoms with E-state index >= 15 is 0 Å². The zero-order chi connectivity index (χ0) is 28.1. The largest absolute Gasteiger partial charge is 0.367 e. The van der Waals surface area contributed by atoms with Crippen molar-refractivity contribution in [2.45, 2.75) is 38.6 Å². The minimum atomic E-state index is -0.147. The monoisotopic (exact) mass is 538 g/mol. The third-order valence-corrected chi connectivity index (χ3v) is 7.89. The number of anilines is 2. The summed E-state index contributed by atoms with van der Waals surface area (Å²) < 4.78 is 0. The smallest absolute Gasteiger partial charge is 0.256 e. The molecule has 0 spiro atoms. The van der Waals surface area contributed by atoms with Gasteiger partial charge < -0.3 is 20.0 Å². The molecule has 2 aliphatic rings. The molecule has 1 heterocycles.